The van der Waals surface area contributed by atoms with Crippen LogP contribution in [0.1, 0.15) is 6.42 Å². The number of nitrogens with one attached hydrogen (secondary N) is 1. The van der Waals surface area contributed by atoms with E-state index in [9.17, 15) is 18.4 Å². The molecular formula is C9H12F2N2O4. The maximum Gasteiger partial charge on any atom is 0.407 e. The number of halogens is 2. The minimum absolute atomic E-state index is 0.135. The number of likely N-dealkylation sites (tertiary alicyclic amines) is 1. The first kappa shape index (κ1) is 12.0. The third-order valence-corrected chi connectivity index (χ3v) is 2.68. The Morgan fingerprint density at radius 3 is 2.82 bits per heavy atom. The van der Waals surface area contributed by atoms with Gasteiger partial charge in [-0.15, -0.1) is 0 Å². The second-order valence-corrected chi connectivity index (χ2v) is 3.88. The highest BCUT2D eigenvalue weighted by Crippen LogP contribution is 2.17. The van der Waals surface area contributed by atoms with Crippen molar-refractivity contribution in [1.82, 2.24) is 10.2 Å². The molecule has 6 nitrogen and oxygen atoms in total. The van der Waals surface area contributed by atoms with E-state index in [4.69, 9.17) is 0 Å². The van der Waals surface area contributed by atoms with Crippen LogP contribution in [0.3, 0.4) is 0 Å². The van der Waals surface area contributed by atoms with Crippen LogP contribution in [-0.2, 0) is 14.3 Å². The Morgan fingerprint density at radius 1 is 1.53 bits per heavy atom. The van der Waals surface area contributed by atoms with Crippen LogP contribution in [0.25, 0.3) is 0 Å². The van der Waals surface area contributed by atoms with Crippen molar-refractivity contribution in [3.05, 3.63) is 0 Å². The molecular weight excluding hydrogens is 238 g/mol. The van der Waals surface area contributed by atoms with Crippen molar-refractivity contribution in [2.45, 2.75) is 25.2 Å². The first-order valence-corrected chi connectivity index (χ1v) is 5.22. The number of carbonyl (C=O) groups excluding carboxylic acids is 2. The minimum atomic E-state index is -2.82. The summed E-state index contributed by atoms with van der Waals surface area (Å²) >= 11 is 0. The summed E-state index contributed by atoms with van der Waals surface area (Å²) in [4.78, 5) is 24.0. The number of ether oxygens (including phenoxy) is 2. The lowest BCUT2D eigenvalue weighted by Gasteiger charge is -2.40. The Morgan fingerprint density at radius 2 is 2.24 bits per heavy atom. The lowest BCUT2D eigenvalue weighted by molar-refractivity contribution is -0.199. The Bertz CT molecular complexity index is 320. The zero-order valence-corrected chi connectivity index (χ0v) is 8.90. The largest absolute Gasteiger partial charge is 0.449 e. The first-order valence-electron chi connectivity index (χ1n) is 5.22. The van der Waals surface area contributed by atoms with Gasteiger partial charge >= 0.3 is 12.7 Å². The fraction of sp³-hybridized carbons (Fsp3) is 0.778. The van der Waals surface area contributed by atoms with E-state index < -0.39 is 24.9 Å². The minimum Gasteiger partial charge on any atom is -0.449 e. The maximum atomic E-state index is 11.8. The number of carbonyl (C=O) groups is 2. The molecule has 0 spiro atoms. The fourth-order valence-corrected chi connectivity index (χ4v) is 1.78. The summed E-state index contributed by atoms with van der Waals surface area (Å²) in [6.45, 7) is -2.36. The van der Waals surface area contributed by atoms with Gasteiger partial charge in [0.1, 0.15) is 6.04 Å². The van der Waals surface area contributed by atoms with E-state index in [2.05, 4.69) is 14.8 Å². The van der Waals surface area contributed by atoms with Crippen LogP contribution in [-0.4, -0.2) is 55.4 Å². The number of nitrogens with zero attached hydrogens (tertiary/aromatic N) is 1. The van der Waals surface area contributed by atoms with Gasteiger partial charge in [0, 0.05) is 19.5 Å². The fourth-order valence-electron chi connectivity index (χ4n) is 1.78. The molecule has 0 aromatic carbocycles. The Balaban J connectivity index is 1.76. The zero-order valence-electron chi connectivity index (χ0n) is 8.90. The number of hydrogen-bond donors (Lipinski definition) is 1. The van der Waals surface area contributed by atoms with E-state index in [0.29, 0.717) is 6.42 Å². The number of alkyl halides is 2. The third kappa shape index (κ3) is 2.82. The van der Waals surface area contributed by atoms with E-state index in [1.165, 1.54) is 4.90 Å². The lowest BCUT2D eigenvalue weighted by Crippen LogP contribution is -2.61. The molecule has 0 aliphatic carbocycles. The van der Waals surface area contributed by atoms with Gasteiger partial charge in [0.15, 0.2) is 0 Å². The average Bonchev–Trinajstić information content (AvgIpc) is 2.21. The molecule has 0 aromatic rings. The third-order valence-electron chi connectivity index (χ3n) is 2.68. The highest BCUT2D eigenvalue weighted by molar-refractivity contribution is 5.86. The van der Waals surface area contributed by atoms with Crippen molar-refractivity contribution >= 4 is 12.0 Å². The molecule has 17 heavy (non-hydrogen) atoms. The van der Waals surface area contributed by atoms with E-state index in [1.807, 2.05) is 0 Å². The number of rotatable bonds is 3. The summed E-state index contributed by atoms with van der Waals surface area (Å²) < 4.78 is 32.5. The predicted molar refractivity (Wildman–Crippen MR) is 50.3 cm³/mol. The highest BCUT2D eigenvalue weighted by Gasteiger charge is 2.38. The summed E-state index contributed by atoms with van der Waals surface area (Å²) in [6.07, 6.45) is -0.855. The molecule has 1 unspecified atom stereocenters. The number of alkyl carbamates (subject to hydrolysis) is 1. The molecule has 2 fully saturated rings. The Labute approximate surface area is 95.8 Å². The molecule has 0 radical (unpaired) electrons. The molecule has 2 heterocycles. The molecule has 96 valence electrons. The van der Waals surface area contributed by atoms with Gasteiger partial charge in [-0.05, 0) is 0 Å². The van der Waals surface area contributed by atoms with Gasteiger partial charge in [0.05, 0.1) is 12.7 Å². The van der Waals surface area contributed by atoms with Crippen LogP contribution in [0.2, 0.25) is 0 Å². The zero-order chi connectivity index (χ0) is 12.4. The van der Waals surface area contributed by atoms with E-state index in [1.54, 1.807) is 0 Å². The maximum absolute atomic E-state index is 11.8. The molecule has 0 saturated carbocycles. The number of amides is 2. The molecule has 2 aliphatic heterocycles. The van der Waals surface area contributed by atoms with Crippen LogP contribution in [0.5, 0.6) is 0 Å². The topological polar surface area (TPSA) is 67.9 Å². The SMILES string of the molecule is O=C1NC(C(=O)N2CC(OC(F)F)C2)CCO1. The quantitative estimate of drug-likeness (QED) is 0.761. The molecule has 2 saturated heterocycles. The molecule has 2 rings (SSSR count). The second-order valence-electron chi connectivity index (χ2n) is 3.88. The van der Waals surface area contributed by atoms with E-state index >= 15 is 0 Å². The van der Waals surface area contributed by atoms with Crippen molar-refractivity contribution in [2.75, 3.05) is 19.7 Å². The van der Waals surface area contributed by atoms with Gasteiger partial charge in [-0.3, -0.25) is 4.79 Å². The first-order chi connectivity index (χ1) is 8.06. The molecule has 1 atom stereocenters. The molecule has 1 N–H and O–H groups in total. The van der Waals surface area contributed by atoms with Gasteiger partial charge in [-0.2, -0.15) is 8.78 Å². The van der Waals surface area contributed by atoms with Crippen molar-refractivity contribution in [3.8, 4) is 0 Å². The van der Waals surface area contributed by atoms with E-state index in [-0.39, 0.29) is 25.6 Å². The van der Waals surface area contributed by atoms with Crippen LogP contribution in [0.15, 0.2) is 0 Å². The molecule has 8 heteroatoms. The van der Waals surface area contributed by atoms with Gasteiger partial charge in [-0.25, -0.2) is 4.79 Å². The summed E-state index contributed by atoms with van der Waals surface area (Å²) in [5.74, 6) is -0.282. The molecule has 2 amide bonds. The molecule has 0 aromatic heterocycles. The van der Waals surface area contributed by atoms with Gasteiger partial charge in [0.2, 0.25) is 5.91 Å². The van der Waals surface area contributed by atoms with Gasteiger partial charge in [0.25, 0.3) is 0 Å². The van der Waals surface area contributed by atoms with Gasteiger partial charge < -0.3 is 19.7 Å². The molecule has 0 bridgehead atoms. The summed E-state index contributed by atoms with van der Waals surface area (Å²) in [5.41, 5.74) is 0. The van der Waals surface area contributed by atoms with Crippen molar-refractivity contribution < 1.29 is 27.8 Å². The van der Waals surface area contributed by atoms with Gasteiger partial charge in [-0.1, -0.05) is 0 Å². The van der Waals surface area contributed by atoms with Crippen LogP contribution in [0, 0.1) is 0 Å². The summed E-state index contributed by atoms with van der Waals surface area (Å²) in [6, 6.07) is -0.622. The Hall–Kier alpha value is -1.44. The van der Waals surface area contributed by atoms with Crippen LogP contribution < -0.4 is 5.32 Å². The highest BCUT2D eigenvalue weighted by atomic mass is 19.3. The smallest absolute Gasteiger partial charge is 0.407 e. The number of cyclic esters (lactones) is 1. The monoisotopic (exact) mass is 250 g/mol. The summed E-state index contributed by atoms with van der Waals surface area (Å²) in [5, 5.41) is 2.38. The standard InChI is InChI=1S/C9H12F2N2O4/c10-8(11)17-5-3-13(4-5)7(14)6-1-2-16-9(15)12-6/h5-6,8H,1-4H2,(H,12,15). The van der Waals surface area contributed by atoms with Crippen LogP contribution in [0.4, 0.5) is 13.6 Å². The predicted octanol–water partition coefficient (Wildman–Crippen LogP) is -0.0651. The number of hydrogen-bond acceptors (Lipinski definition) is 4. The average molecular weight is 250 g/mol. The van der Waals surface area contributed by atoms with Crippen LogP contribution >= 0.6 is 0 Å². The normalized spacial score (nSPS) is 25.2. The lowest BCUT2D eigenvalue weighted by atomic mass is 10.1. The van der Waals surface area contributed by atoms with Crippen molar-refractivity contribution in [2.24, 2.45) is 0 Å². The van der Waals surface area contributed by atoms with E-state index in [0.717, 1.165) is 0 Å². The van der Waals surface area contributed by atoms with Crippen molar-refractivity contribution in [1.29, 1.82) is 0 Å². The van der Waals surface area contributed by atoms with Crippen molar-refractivity contribution in [3.63, 3.8) is 0 Å². The molecule has 2 aliphatic rings. The second kappa shape index (κ2) is 4.82. The summed E-state index contributed by atoms with van der Waals surface area (Å²) in [7, 11) is 0. The Kier molecular flexibility index (Phi) is 3.41.